The Kier molecular flexibility index (Phi) is 8.99. The molecule has 0 saturated heterocycles. The Balaban J connectivity index is 0.000000147. The van der Waals surface area contributed by atoms with Gasteiger partial charge in [0.05, 0.1) is 42.6 Å². The summed E-state index contributed by atoms with van der Waals surface area (Å²) in [5.74, 6) is -0.493. The minimum atomic E-state index is -0.427. The minimum absolute atomic E-state index is 0.201. The lowest BCUT2D eigenvalue weighted by Crippen LogP contribution is -2.03. The van der Waals surface area contributed by atoms with E-state index in [-0.39, 0.29) is 11.6 Å². The highest BCUT2D eigenvalue weighted by Gasteiger charge is 2.13. The van der Waals surface area contributed by atoms with E-state index in [9.17, 15) is 8.78 Å². The smallest absolute Gasteiger partial charge is 0.179 e. The van der Waals surface area contributed by atoms with Gasteiger partial charge in [-0.1, -0.05) is 34.7 Å². The summed E-state index contributed by atoms with van der Waals surface area (Å²) in [6.45, 7) is 1.08. The van der Waals surface area contributed by atoms with Crippen LogP contribution in [0.25, 0.3) is 66.6 Å². The molecule has 0 aliphatic rings. The Morgan fingerprint density at radius 2 is 1.05 bits per heavy atom. The lowest BCUT2D eigenvalue weighted by atomic mass is 10.1. The average Bonchev–Trinajstić information content (AvgIpc) is 3.84. The maximum absolute atomic E-state index is 14.1. The zero-order valence-electron chi connectivity index (χ0n) is 29.8. The van der Waals surface area contributed by atoms with Crippen LogP contribution in [0, 0.1) is 11.6 Å². The topological polar surface area (TPSA) is 122 Å². The number of halogens is 2. The molecule has 11 nitrogen and oxygen atoms in total. The fourth-order valence-electron chi connectivity index (χ4n) is 6.48. The van der Waals surface area contributed by atoms with Gasteiger partial charge in [0.2, 0.25) is 0 Å². The Hall–Kier alpha value is -7.54. The molecule has 0 radical (unpaired) electrons. The van der Waals surface area contributed by atoms with Crippen LogP contribution in [-0.4, -0.2) is 57.0 Å². The van der Waals surface area contributed by atoms with Gasteiger partial charge in [0.25, 0.3) is 0 Å². The summed E-state index contributed by atoms with van der Waals surface area (Å²) in [5, 5.41) is 19.0. The van der Waals surface area contributed by atoms with Crippen molar-refractivity contribution in [2.24, 2.45) is 0 Å². The van der Waals surface area contributed by atoms with Gasteiger partial charge >= 0.3 is 0 Å². The van der Waals surface area contributed by atoms with Crippen molar-refractivity contribution in [2.45, 2.75) is 13.1 Å². The molecule has 0 unspecified atom stereocenters. The highest BCUT2D eigenvalue weighted by atomic mass is 19.1. The quantitative estimate of drug-likeness (QED) is 0.158. The summed E-state index contributed by atoms with van der Waals surface area (Å²) in [6.07, 6.45) is 3.56. The first-order valence-electron chi connectivity index (χ1n) is 17.6. The molecule has 6 heterocycles. The second-order valence-corrected chi connectivity index (χ2v) is 13.0. The number of pyridine rings is 4. The van der Waals surface area contributed by atoms with Gasteiger partial charge in [0, 0.05) is 34.3 Å². The Morgan fingerprint density at radius 1 is 0.536 bits per heavy atom. The van der Waals surface area contributed by atoms with E-state index in [1.165, 1.54) is 25.3 Å². The van der Waals surface area contributed by atoms with Gasteiger partial charge in [-0.05, 0) is 114 Å². The van der Waals surface area contributed by atoms with Gasteiger partial charge in [0.1, 0.15) is 16.9 Å². The summed E-state index contributed by atoms with van der Waals surface area (Å²) < 4.78 is 35.8. The van der Waals surface area contributed by atoms with Crippen molar-refractivity contribution >= 4 is 44.1 Å². The van der Waals surface area contributed by atoms with E-state index in [0.29, 0.717) is 41.2 Å². The number of aromatic nitrogens is 10. The maximum Gasteiger partial charge on any atom is 0.179 e. The van der Waals surface area contributed by atoms with Crippen molar-refractivity contribution in [3.63, 3.8) is 0 Å². The molecule has 0 spiro atoms. The van der Waals surface area contributed by atoms with E-state index in [1.54, 1.807) is 46.0 Å². The summed E-state index contributed by atoms with van der Waals surface area (Å²) in [7, 11) is 1.44. The number of benzene rings is 4. The first kappa shape index (κ1) is 34.2. The van der Waals surface area contributed by atoms with E-state index in [0.717, 1.165) is 49.7 Å². The van der Waals surface area contributed by atoms with Crippen molar-refractivity contribution in [1.29, 1.82) is 0 Å². The van der Waals surface area contributed by atoms with Crippen LogP contribution in [0.15, 0.2) is 140 Å². The third-order valence-electron chi connectivity index (χ3n) is 9.31. The van der Waals surface area contributed by atoms with Crippen LogP contribution in [0.4, 0.5) is 8.78 Å². The molecule has 6 aromatic heterocycles. The molecule has 0 saturated carbocycles. The van der Waals surface area contributed by atoms with Crippen LogP contribution in [-0.2, 0) is 13.1 Å². The summed E-state index contributed by atoms with van der Waals surface area (Å²) in [5.41, 5.74) is 9.73. The Bertz CT molecular complexity index is 3020. The lowest BCUT2D eigenvalue weighted by molar-refractivity contribution is 0.386. The van der Waals surface area contributed by atoms with Crippen molar-refractivity contribution in [1.82, 2.24) is 49.9 Å². The summed E-state index contributed by atoms with van der Waals surface area (Å²) >= 11 is 0. The van der Waals surface area contributed by atoms with Gasteiger partial charge < -0.3 is 4.74 Å². The first-order valence-corrected chi connectivity index (χ1v) is 17.6. The van der Waals surface area contributed by atoms with Gasteiger partial charge in [-0.15, -0.1) is 10.2 Å². The van der Waals surface area contributed by atoms with Crippen molar-refractivity contribution in [2.75, 3.05) is 7.11 Å². The van der Waals surface area contributed by atoms with Gasteiger partial charge in [-0.3, -0.25) is 9.97 Å². The monoisotopic (exact) mass is 740 g/mol. The molecule has 0 N–H and O–H groups in total. The molecule has 0 atom stereocenters. The third-order valence-corrected chi connectivity index (χ3v) is 9.31. The van der Waals surface area contributed by atoms with E-state index in [4.69, 9.17) is 9.72 Å². The molecule has 0 amide bonds. The zero-order valence-corrected chi connectivity index (χ0v) is 29.8. The highest BCUT2D eigenvalue weighted by molar-refractivity contribution is 5.80. The fraction of sp³-hybridized carbons (Fsp3) is 0.0698. The van der Waals surface area contributed by atoms with Crippen LogP contribution in [0.5, 0.6) is 5.75 Å². The van der Waals surface area contributed by atoms with Crippen LogP contribution >= 0.6 is 0 Å². The molecule has 272 valence electrons. The van der Waals surface area contributed by atoms with E-state index < -0.39 is 5.82 Å². The molecule has 10 aromatic rings. The molecule has 0 aliphatic carbocycles. The number of nitrogens with zero attached hydrogens (tertiary/aromatic N) is 10. The molecular weight excluding hydrogens is 711 g/mol. The van der Waals surface area contributed by atoms with Crippen molar-refractivity contribution in [3.8, 4) is 28.3 Å². The van der Waals surface area contributed by atoms with Crippen molar-refractivity contribution < 1.29 is 13.5 Å². The van der Waals surface area contributed by atoms with Gasteiger partial charge in [-0.25, -0.2) is 28.1 Å². The molecule has 0 fully saturated rings. The predicted molar refractivity (Wildman–Crippen MR) is 210 cm³/mol. The SMILES string of the molecule is COc1ccc(-c2ccc3nnn(Cc4ccc5ncccc5c4)c3n2)cc1F.Fc1ccc(-c2ccc3nnn(Cc4ccc5ncccc5c4)c3n2)cc1. The van der Waals surface area contributed by atoms with E-state index >= 15 is 0 Å². The molecule has 4 aromatic carbocycles. The molecule has 10 rings (SSSR count). The molecule has 0 bridgehead atoms. The minimum Gasteiger partial charge on any atom is -0.494 e. The number of ether oxygens (including phenoxy) is 1. The van der Waals surface area contributed by atoms with Crippen LogP contribution in [0.2, 0.25) is 0 Å². The lowest BCUT2D eigenvalue weighted by Gasteiger charge is -2.07. The average molecular weight is 741 g/mol. The summed E-state index contributed by atoms with van der Waals surface area (Å²) in [6, 6.07) is 38.6. The maximum atomic E-state index is 14.1. The summed E-state index contributed by atoms with van der Waals surface area (Å²) in [4.78, 5) is 18.1. The predicted octanol–water partition coefficient (Wildman–Crippen LogP) is 8.47. The fourth-order valence-corrected chi connectivity index (χ4v) is 6.48. The molecule has 13 heteroatoms. The molecule has 0 aliphatic heterocycles. The molecule has 56 heavy (non-hydrogen) atoms. The first-order chi connectivity index (χ1) is 27.5. The van der Waals surface area contributed by atoms with Gasteiger partial charge in [0.15, 0.2) is 22.9 Å². The molecular formula is C43H30F2N10O. The number of rotatable bonds is 7. The Labute approximate surface area is 317 Å². The number of hydrogen-bond donors (Lipinski definition) is 0. The largest absolute Gasteiger partial charge is 0.494 e. The zero-order chi connectivity index (χ0) is 38.0. The van der Waals surface area contributed by atoms with Crippen molar-refractivity contribution in [3.05, 3.63) is 163 Å². The normalized spacial score (nSPS) is 11.3. The van der Waals surface area contributed by atoms with Gasteiger partial charge in [-0.2, -0.15) is 0 Å². The van der Waals surface area contributed by atoms with E-state index in [1.807, 2.05) is 72.8 Å². The Morgan fingerprint density at radius 3 is 1.59 bits per heavy atom. The number of fused-ring (bicyclic) bond motifs is 4. The second kappa shape index (κ2) is 14.7. The standard InChI is InChI=1S/C22H16FN5O.C21H14FN5/c1-29-21-9-5-16(12-17(21)23)19-7-8-20-22(25-19)28(27-26-20)13-14-4-6-18-15(11-14)3-2-10-24-18;22-17-6-4-15(5-7-17)19-9-10-20-21(24-19)27(26-25-20)13-14-3-8-18-16(12-14)2-1-11-23-18/h2-12H,13H2,1H3;1-12H,13H2. The second-order valence-electron chi connectivity index (χ2n) is 13.0. The van der Waals surface area contributed by atoms with Crippen LogP contribution < -0.4 is 4.74 Å². The third kappa shape index (κ3) is 6.96. The van der Waals surface area contributed by atoms with E-state index in [2.05, 4.69) is 47.7 Å². The number of methoxy groups -OCH3 is 1. The highest BCUT2D eigenvalue weighted by Crippen LogP contribution is 2.26. The van der Waals surface area contributed by atoms with Crippen LogP contribution in [0.3, 0.4) is 0 Å². The van der Waals surface area contributed by atoms with Crippen LogP contribution in [0.1, 0.15) is 11.1 Å². The number of hydrogen-bond acceptors (Lipinski definition) is 9.